The largest absolute Gasteiger partial charge is 0.404 e. The van der Waals surface area contributed by atoms with Crippen LogP contribution in [-0.2, 0) is 29.2 Å². The molecule has 3 fully saturated rings. The van der Waals surface area contributed by atoms with Crippen molar-refractivity contribution in [1.29, 1.82) is 0 Å². The molecular formula is C23H40F3N5O6S. The van der Waals surface area contributed by atoms with E-state index in [1.54, 1.807) is 0 Å². The molecule has 3 rings (SSSR count). The third kappa shape index (κ3) is 11.5. The Morgan fingerprint density at radius 2 is 1.74 bits per heavy atom. The summed E-state index contributed by atoms with van der Waals surface area (Å²) in [6, 6.07) is -0.749. The Labute approximate surface area is 221 Å². The summed E-state index contributed by atoms with van der Waals surface area (Å²) in [5.41, 5.74) is 5.69. The van der Waals surface area contributed by atoms with Gasteiger partial charge in [-0.2, -0.15) is 13.2 Å². The van der Waals surface area contributed by atoms with Crippen molar-refractivity contribution in [1.82, 2.24) is 15.5 Å². The van der Waals surface area contributed by atoms with E-state index in [2.05, 4.69) is 55.3 Å². The molecule has 6 N–H and O–H groups in total. The van der Waals surface area contributed by atoms with Crippen molar-refractivity contribution < 1.29 is 40.8 Å². The molecule has 0 bridgehead atoms. The Bertz CT molecular complexity index is 967. The number of rotatable bonds is 7. The summed E-state index contributed by atoms with van der Waals surface area (Å²) >= 11 is 0. The number of alkyl halides is 3. The highest BCUT2D eigenvalue weighted by atomic mass is 32.2. The van der Waals surface area contributed by atoms with Crippen LogP contribution in [0.2, 0.25) is 0 Å². The molecule has 4 amide bonds. The number of carbonyl (C=O) groups is 4. The number of piperidine rings is 1. The molecule has 0 radical (unpaired) electrons. The number of nitrogens with zero attached hydrogens (tertiary/aromatic N) is 1. The van der Waals surface area contributed by atoms with Gasteiger partial charge in [-0.1, -0.05) is 34.6 Å². The van der Waals surface area contributed by atoms with E-state index < -0.39 is 33.9 Å². The van der Waals surface area contributed by atoms with Crippen molar-refractivity contribution in [2.24, 2.45) is 39.5 Å². The van der Waals surface area contributed by atoms with Gasteiger partial charge < -0.3 is 21.3 Å². The van der Waals surface area contributed by atoms with E-state index in [9.17, 15) is 40.8 Å². The molecule has 0 aromatic heterocycles. The van der Waals surface area contributed by atoms with Gasteiger partial charge in [-0.15, -0.1) is 0 Å². The number of likely N-dealkylation sites (tertiary alicyclic amines) is 1. The molecule has 11 nitrogen and oxygen atoms in total. The number of nitrogens with two attached hydrogens (primary N) is 2. The number of primary amides is 1. The molecule has 38 heavy (non-hydrogen) atoms. The molecule has 2 aliphatic heterocycles. The number of fused-ring (bicyclic) bond motifs is 1. The zero-order valence-corrected chi connectivity index (χ0v) is 23.2. The van der Waals surface area contributed by atoms with E-state index >= 15 is 0 Å². The van der Waals surface area contributed by atoms with E-state index in [0.717, 1.165) is 24.9 Å². The maximum atomic E-state index is 12.0. The molecule has 1 aliphatic carbocycles. The second kappa shape index (κ2) is 12.6. The van der Waals surface area contributed by atoms with Gasteiger partial charge in [0.05, 0.1) is 0 Å². The second-order valence-electron chi connectivity index (χ2n) is 11.7. The quantitative estimate of drug-likeness (QED) is 0.323. The number of amides is 4. The average Bonchev–Trinajstić information content (AvgIpc) is 3.10. The van der Waals surface area contributed by atoms with Gasteiger partial charge >= 0.3 is 6.18 Å². The van der Waals surface area contributed by atoms with Gasteiger partial charge in [0.2, 0.25) is 34.2 Å². The fourth-order valence-electron chi connectivity index (χ4n) is 4.63. The lowest BCUT2D eigenvalue weighted by Gasteiger charge is -2.26. The van der Waals surface area contributed by atoms with Crippen LogP contribution < -0.4 is 21.5 Å². The lowest BCUT2D eigenvalue weighted by atomic mass is 9.91. The highest BCUT2D eigenvalue weighted by Crippen LogP contribution is 2.62. The zero-order valence-electron chi connectivity index (χ0n) is 22.4. The van der Waals surface area contributed by atoms with Crippen LogP contribution in [0, 0.1) is 28.6 Å². The second-order valence-corrected chi connectivity index (χ2v) is 13.4. The summed E-state index contributed by atoms with van der Waals surface area (Å²) in [6.07, 6.45) is -2.66. The lowest BCUT2D eigenvalue weighted by Crippen LogP contribution is -2.42. The molecule has 1 unspecified atom stereocenters. The maximum absolute atomic E-state index is 12.0. The number of hydrogen-bond donors (Lipinski definition) is 4. The molecule has 0 spiro atoms. The third-order valence-electron chi connectivity index (χ3n) is 6.82. The van der Waals surface area contributed by atoms with Crippen LogP contribution in [0.4, 0.5) is 13.2 Å². The van der Waals surface area contributed by atoms with Gasteiger partial charge in [-0.25, -0.2) is 13.6 Å². The summed E-state index contributed by atoms with van der Waals surface area (Å²) in [7, 11) is -4.41. The van der Waals surface area contributed by atoms with Crippen molar-refractivity contribution in [3.8, 4) is 0 Å². The van der Waals surface area contributed by atoms with Crippen LogP contribution in [0.25, 0.3) is 0 Å². The smallest absolute Gasteiger partial charge is 0.368 e. The molecule has 2 saturated heterocycles. The summed E-state index contributed by atoms with van der Waals surface area (Å²) < 4.78 is 52.7. The average molecular weight is 572 g/mol. The van der Waals surface area contributed by atoms with Crippen molar-refractivity contribution >= 4 is 34.2 Å². The molecule has 15 heteroatoms. The van der Waals surface area contributed by atoms with Crippen LogP contribution in [0.5, 0.6) is 0 Å². The molecule has 220 valence electrons. The van der Waals surface area contributed by atoms with Crippen LogP contribution >= 0.6 is 0 Å². The van der Waals surface area contributed by atoms with Gasteiger partial charge in [-0.05, 0) is 35.5 Å². The molecule has 0 aromatic carbocycles. The molecule has 0 aromatic rings. The molecule has 3 aliphatic rings. The van der Waals surface area contributed by atoms with Crippen LogP contribution in [0.1, 0.15) is 53.9 Å². The van der Waals surface area contributed by atoms with Crippen LogP contribution in [0.3, 0.4) is 0 Å². The van der Waals surface area contributed by atoms with Crippen molar-refractivity contribution in [2.75, 3.05) is 25.4 Å². The first-order valence-corrected chi connectivity index (χ1v) is 13.9. The van der Waals surface area contributed by atoms with Crippen LogP contribution in [-0.4, -0.2) is 75.1 Å². The fraction of sp³-hybridized carbons (Fsp3) is 0.826. The highest BCUT2D eigenvalue weighted by Gasteiger charge is 2.62. The predicted octanol–water partition coefficient (Wildman–Crippen LogP) is 0.487. The summed E-state index contributed by atoms with van der Waals surface area (Å²) in [5, 5.41) is 9.02. The SMILES string of the molecule is CC(C)(C)CC(=O)N1CC2[C@H](C1)C2(C)C.NC(=O)[C@H](C[C@@H]1CCNC1=O)NC=O.NS(=O)(=O)CC(F)(F)F. The third-order valence-corrected chi connectivity index (χ3v) is 7.55. The standard InChI is InChI=1S/C13H23NO.C8H13N3O3.C2H4F3NO2S/c1-12(2,3)6-11(15)14-7-9-10(8-14)13(9,4)5;9-7(13)6(11-4-12)3-5-1-2-10-8(5)14;3-2(4,5)1-9(6,7)8/h9-10H,6-8H2,1-5H3;4-6H,1-3H2,(H2,9,13)(H,10,14)(H,11,12);1H2,(H2,6,7,8)/t9-,10?;5-,6-;/m00./s1. The van der Waals surface area contributed by atoms with Gasteiger partial charge in [0.25, 0.3) is 0 Å². The van der Waals surface area contributed by atoms with Gasteiger partial charge in [0.15, 0.2) is 5.75 Å². The molecule has 4 atom stereocenters. The number of primary sulfonamides is 1. The number of hydrogen-bond acceptors (Lipinski definition) is 6. The molecule has 1 saturated carbocycles. The lowest BCUT2D eigenvalue weighted by molar-refractivity contribution is -0.133. The maximum Gasteiger partial charge on any atom is 0.404 e. The number of nitrogens with one attached hydrogen (secondary N) is 2. The van der Waals surface area contributed by atoms with Gasteiger partial charge in [0.1, 0.15) is 6.04 Å². The van der Waals surface area contributed by atoms with E-state index in [-0.39, 0.29) is 23.7 Å². The Balaban J connectivity index is 0.000000295. The first-order chi connectivity index (χ1) is 17.1. The van der Waals surface area contributed by atoms with E-state index in [0.29, 0.717) is 37.1 Å². The van der Waals surface area contributed by atoms with Crippen molar-refractivity contribution in [3.63, 3.8) is 0 Å². The van der Waals surface area contributed by atoms with Gasteiger partial charge in [0, 0.05) is 32.0 Å². The number of carbonyl (C=O) groups excluding carboxylic acids is 4. The number of sulfonamides is 1. The Hall–Kier alpha value is -2.42. The van der Waals surface area contributed by atoms with Crippen molar-refractivity contribution in [2.45, 2.75) is 66.1 Å². The fourth-order valence-corrected chi connectivity index (χ4v) is 5.09. The monoisotopic (exact) mass is 571 g/mol. The summed E-state index contributed by atoms with van der Waals surface area (Å²) in [5.74, 6) is -0.964. The normalized spacial score (nSPS) is 24.5. The first kappa shape index (κ1) is 33.6. The van der Waals surface area contributed by atoms with Gasteiger partial charge in [-0.3, -0.25) is 19.2 Å². The van der Waals surface area contributed by atoms with E-state index in [1.807, 2.05) is 0 Å². The Morgan fingerprint density at radius 1 is 1.21 bits per heavy atom. The number of halogens is 3. The first-order valence-electron chi connectivity index (χ1n) is 12.2. The minimum absolute atomic E-state index is 0.0797. The minimum Gasteiger partial charge on any atom is -0.368 e. The topological polar surface area (TPSA) is 182 Å². The molecule has 2 heterocycles. The van der Waals surface area contributed by atoms with E-state index in [4.69, 9.17) is 5.73 Å². The van der Waals surface area contributed by atoms with Crippen molar-refractivity contribution in [3.05, 3.63) is 0 Å². The Kier molecular flexibility index (Phi) is 11.2. The predicted molar refractivity (Wildman–Crippen MR) is 133 cm³/mol. The summed E-state index contributed by atoms with van der Waals surface area (Å²) in [4.78, 5) is 46.2. The zero-order chi connectivity index (χ0) is 29.7. The minimum atomic E-state index is -4.73. The van der Waals surface area contributed by atoms with E-state index in [1.165, 1.54) is 0 Å². The van der Waals surface area contributed by atoms with Crippen LogP contribution in [0.15, 0.2) is 0 Å². The molecular weight excluding hydrogens is 531 g/mol. The highest BCUT2D eigenvalue weighted by molar-refractivity contribution is 7.89. The Morgan fingerprint density at radius 3 is 2.05 bits per heavy atom. The summed E-state index contributed by atoms with van der Waals surface area (Å²) in [6.45, 7) is 13.7.